The summed E-state index contributed by atoms with van der Waals surface area (Å²) in [6.07, 6.45) is 7.49. The van der Waals surface area contributed by atoms with Crippen LogP contribution in [0.3, 0.4) is 0 Å². The van der Waals surface area contributed by atoms with E-state index in [4.69, 9.17) is 5.73 Å². The van der Waals surface area contributed by atoms with E-state index in [0.29, 0.717) is 30.7 Å². The molecule has 0 atom stereocenters. The van der Waals surface area contributed by atoms with Crippen molar-refractivity contribution in [3.05, 3.63) is 23.8 Å². The van der Waals surface area contributed by atoms with E-state index in [0.717, 1.165) is 55.8 Å². The van der Waals surface area contributed by atoms with Crippen LogP contribution in [0.25, 0.3) is 10.9 Å². The zero-order valence-electron chi connectivity index (χ0n) is 23.1. The molecule has 212 valence electrons. The maximum absolute atomic E-state index is 12.4. The number of carbonyl (C=O) groups excluding carboxylic acids is 2. The predicted molar refractivity (Wildman–Crippen MR) is 155 cm³/mol. The number of fused-ring (bicyclic) bond motifs is 1. The molecule has 39 heavy (non-hydrogen) atoms. The molecule has 3 amide bonds. The highest BCUT2D eigenvalue weighted by molar-refractivity contribution is 7.94. The Hall–Kier alpha value is -2.18. The second-order valence-electron chi connectivity index (χ2n) is 11.8. The van der Waals surface area contributed by atoms with E-state index < -0.39 is 0 Å². The summed E-state index contributed by atoms with van der Waals surface area (Å²) in [7, 11) is 1.93. The molecule has 6 rings (SSSR count). The number of rotatable bonds is 6. The lowest BCUT2D eigenvalue weighted by Gasteiger charge is -2.39. The molecule has 1 aromatic heterocycles. The van der Waals surface area contributed by atoms with Crippen molar-refractivity contribution in [2.45, 2.75) is 56.9 Å². The Kier molecular flexibility index (Phi) is 8.13. The minimum Gasteiger partial charge on any atom is -0.328 e. The number of anilines is 1. The smallest absolute Gasteiger partial charge is 0.328 e. The Labute approximate surface area is 235 Å². The summed E-state index contributed by atoms with van der Waals surface area (Å²) < 4.78 is 6.93. The van der Waals surface area contributed by atoms with Crippen molar-refractivity contribution in [2.24, 2.45) is 18.7 Å². The number of aryl methyl sites for hydroxylation is 1. The SMILES string of the molecule is Cn1nc(N2CCC(=O)NC2=O)c2ccc(C3CCN(CC4CCN(SN5CCC(N)CC5)CC4)CC3)cc21. The quantitative estimate of drug-likeness (QED) is 0.526. The summed E-state index contributed by atoms with van der Waals surface area (Å²) in [4.78, 5) is 28.2. The van der Waals surface area contributed by atoms with Crippen LogP contribution in [0.5, 0.6) is 0 Å². The average molecular weight is 555 g/mol. The number of urea groups is 1. The van der Waals surface area contributed by atoms with Crippen molar-refractivity contribution in [3.8, 4) is 0 Å². The van der Waals surface area contributed by atoms with Crippen LogP contribution >= 0.6 is 12.1 Å². The van der Waals surface area contributed by atoms with E-state index in [-0.39, 0.29) is 11.9 Å². The number of aromatic nitrogens is 2. The molecule has 3 N–H and O–H groups in total. The number of carbonyl (C=O) groups is 2. The van der Waals surface area contributed by atoms with Crippen molar-refractivity contribution in [1.82, 2.24) is 28.6 Å². The van der Waals surface area contributed by atoms with Gasteiger partial charge in [-0.25, -0.2) is 13.4 Å². The zero-order chi connectivity index (χ0) is 26.9. The van der Waals surface area contributed by atoms with Gasteiger partial charge in [0.25, 0.3) is 0 Å². The monoisotopic (exact) mass is 554 g/mol. The Morgan fingerprint density at radius 3 is 2.33 bits per heavy atom. The number of nitrogens with two attached hydrogens (primary N) is 1. The standard InChI is InChI=1S/C28H42N8O2S/c1-32-25-18-22(2-3-24(25)27(31-32)36-17-10-26(37)30-28(36)38)21-6-11-33(12-7-21)19-20-4-13-34(14-5-20)39-35-15-8-23(29)9-16-35/h2-3,18,20-21,23H,4-17,19,29H2,1H3,(H,30,37,38). The summed E-state index contributed by atoms with van der Waals surface area (Å²) in [6.45, 7) is 8.53. The van der Waals surface area contributed by atoms with Gasteiger partial charge in [0.2, 0.25) is 5.91 Å². The molecule has 4 aliphatic rings. The highest BCUT2D eigenvalue weighted by Crippen LogP contribution is 2.34. The van der Waals surface area contributed by atoms with Gasteiger partial charge in [-0.05, 0) is 81.1 Å². The van der Waals surface area contributed by atoms with Gasteiger partial charge in [0.1, 0.15) is 0 Å². The second-order valence-corrected chi connectivity index (χ2v) is 13.0. The lowest BCUT2D eigenvalue weighted by molar-refractivity contribution is -0.120. The lowest BCUT2D eigenvalue weighted by atomic mass is 9.88. The zero-order valence-corrected chi connectivity index (χ0v) is 23.9. The van der Waals surface area contributed by atoms with Crippen molar-refractivity contribution in [3.63, 3.8) is 0 Å². The molecule has 5 heterocycles. The predicted octanol–water partition coefficient (Wildman–Crippen LogP) is 2.90. The molecule has 4 saturated heterocycles. The maximum Gasteiger partial charge on any atom is 0.329 e. The highest BCUT2D eigenvalue weighted by Gasteiger charge is 2.30. The van der Waals surface area contributed by atoms with Crippen LogP contribution in [0.1, 0.15) is 56.4 Å². The number of piperidine rings is 3. The number of nitrogens with zero attached hydrogens (tertiary/aromatic N) is 6. The third-order valence-electron chi connectivity index (χ3n) is 9.04. The van der Waals surface area contributed by atoms with E-state index in [9.17, 15) is 9.59 Å². The number of nitrogens with one attached hydrogen (secondary N) is 1. The summed E-state index contributed by atoms with van der Waals surface area (Å²) in [6, 6.07) is 6.57. The van der Waals surface area contributed by atoms with Gasteiger partial charge in [0.15, 0.2) is 5.82 Å². The van der Waals surface area contributed by atoms with Crippen LogP contribution < -0.4 is 16.0 Å². The van der Waals surface area contributed by atoms with Crippen molar-refractivity contribution >= 4 is 40.8 Å². The molecule has 4 aliphatic heterocycles. The molecule has 0 saturated carbocycles. The largest absolute Gasteiger partial charge is 0.329 e. The van der Waals surface area contributed by atoms with Gasteiger partial charge in [-0.3, -0.25) is 19.7 Å². The van der Waals surface area contributed by atoms with Crippen LogP contribution in [0.15, 0.2) is 18.2 Å². The molecule has 0 unspecified atom stereocenters. The molecular weight excluding hydrogens is 512 g/mol. The summed E-state index contributed by atoms with van der Waals surface area (Å²) in [5.41, 5.74) is 8.46. The van der Waals surface area contributed by atoms with Crippen LogP contribution in [0.2, 0.25) is 0 Å². The topological polar surface area (TPSA) is 103 Å². The first-order valence-corrected chi connectivity index (χ1v) is 15.4. The van der Waals surface area contributed by atoms with E-state index in [1.807, 2.05) is 23.9 Å². The molecule has 10 nitrogen and oxygen atoms in total. The van der Waals surface area contributed by atoms with Crippen LogP contribution in [0, 0.1) is 5.92 Å². The summed E-state index contributed by atoms with van der Waals surface area (Å²) in [5.74, 6) is 1.76. The number of imide groups is 1. The maximum atomic E-state index is 12.4. The molecule has 11 heteroatoms. The Morgan fingerprint density at radius 2 is 1.64 bits per heavy atom. The van der Waals surface area contributed by atoms with Gasteiger partial charge in [0.05, 0.1) is 5.52 Å². The minimum absolute atomic E-state index is 0.228. The Morgan fingerprint density at radius 1 is 0.949 bits per heavy atom. The molecule has 1 aromatic carbocycles. The first kappa shape index (κ1) is 27.0. The summed E-state index contributed by atoms with van der Waals surface area (Å²) in [5, 5.41) is 8.00. The Bertz CT molecular complexity index is 1180. The van der Waals surface area contributed by atoms with Crippen LogP contribution in [0.4, 0.5) is 10.6 Å². The third-order valence-corrected chi connectivity index (χ3v) is 10.2. The second kappa shape index (κ2) is 11.7. The number of likely N-dealkylation sites (tertiary alicyclic amines) is 1. The molecule has 0 radical (unpaired) electrons. The van der Waals surface area contributed by atoms with Gasteiger partial charge in [-0.15, -0.1) is 0 Å². The van der Waals surface area contributed by atoms with Crippen LogP contribution in [-0.4, -0.2) is 93.6 Å². The van der Waals surface area contributed by atoms with E-state index in [2.05, 4.69) is 42.1 Å². The fraction of sp³-hybridized carbons (Fsp3) is 0.679. The van der Waals surface area contributed by atoms with Gasteiger partial charge >= 0.3 is 6.03 Å². The molecule has 4 fully saturated rings. The lowest BCUT2D eigenvalue weighted by Crippen LogP contribution is -2.49. The minimum atomic E-state index is -0.390. The Balaban J connectivity index is 0.991. The summed E-state index contributed by atoms with van der Waals surface area (Å²) >= 11 is 1.96. The average Bonchev–Trinajstić information content (AvgIpc) is 3.27. The van der Waals surface area contributed by atoms with Gasteiger partial charge in [0, 0.05) is 76.3 Å². The number of benzene rings is 1. The van der Waals surface area contributed by atoms with Gasteiger partial charge in [-0.2, -0.15) is 5.10 Å². The van der Waals surface area contributed by atoms with Crippen molar-refractivity contribution in [2.75, 3.05) is 57.3 Å². The first-order chi connectivity index (χ1) is 18.9. The fourth-order valence-electron chi connectivity index (χ4n) is 6.58. The number of amides is 3. The van der Waals surface area contributed by atoms with Gasteiger partial charge in [-0.1, -0.05) is 6.07 Å². The fourth-order valence-corrected chi connectivity index (χ4v) is 7.66. The molecule has 0 aliphatic carbocycles. The molecule has 0 bridgehead atoms. The third kappa shape index (κ3) is 6.12. The number of hydrogen-bond acceptors (Lipinski definition) is 8. The van der Waals surface area contributed by atoms with E-state index in [1.54, 1.807) is 4.90 Å². The number of hydrogen-bond donors (Lipinski definition) is 2. The van der Waals surface area contributed by atoms with Crippen molar-refractivity contribution in [1.29, 1.82) is 0 Å². The van der Waals surface area contributed by atoms with Crippen molar-refractivity contribution < 1.29 is 9.59 Å². The van der Waals surface area contributed by atoms with Gasteiger partial charge < -0.3 is 10.6 Å². The van der Waals surface area contributed by atoms with Crippen LogP contribution in [-0.2, 0) is 11.8 Å². The van der Waals surface area contributed by atoms with E-state index in [1.165, 1.54) is 50.9 Å². The molecule has 0 spiro atoms. The first-order valence-electron chi connectivity index (χ1n) is 14.7. The van der Waals surface area contributed by atoms with E-state index >= 15 is 0 Å². The highest BCUT2D eigenvalue weighted by atomic mass is 32.2. The molecular formula is C28H42N8O2S. The molecule has 2 aromatic rings. The normalized spacial score (nSPS) is 24.1.